The Hall–Kier alpha value is -2.37. The van der Waals surface area contributed by atoms with Gasteiger partial charge in [-0.05, 0) is 18.2 Å². The van der Waals surface area contributed by atoms with Gasteiger partial charge >= 0.3 is 0 Å². The van der Waals surface area contributed by atoms with Crippen LogP contribution >= 0.6 is 0 Å². The molecule has 0 saturated carbocycles. The summed E-state index contributed by atoms with van der Waals surface area (Å²) in [6, 6.07) is 3.77. The van der Waals surface area contributed by atoms with Crippen LogP contribution in [0.5, 0.6) is 0 Å². The first-order valence-corrected chi connectivity index (χ1v) is 5.06. The van der Waals surface area contributed by atoms with Gasteiger partial charge in [0.05, 0.1) is 18.4 Å². The van der Waals surface area contributed by atoms with Gasteiger partial charge in [0.15, 0.2) is 5.78 Å². The lowest BCUT2D eigenvalue weighted by molar-refractivity contribution is 0.0966. The summed E-state index contributed by atoms with van der Waals surface area (Å²) in [5, 5.41) is 0. The van der Waals surface area contributed by atoms with Crippen molar-refractivity contribution < 1.29 is 13.6 Å². The second-order valence-electron chi connectivity index (χ2n) is 3.59. The highest BCUT2D eigenvalue weighted by atomic mass is 19.1. The predicted octanol–water partition coefficient (Wildman–Crippen LogP) is 1.40. The highest BCUT2D eigenvalue weighted by molar-refractivity contribution is 5.96. The van der Waals surface area contributed by atoms with E-state index in [9.17, 15) is 18.4 Å². The van der Waals surface area contributed by atoms with Crippen LogP contribution in [-0.2, 0) is 6.54 Å². The van der Waals surface area contributed by atoms with Crippen molar-refractivity contribution in [3.05, 3.63) is 64.3 Å². The summed E-state index contributed by atoms with van der Waals surface area (Å²) >= 11 is 0. The summed E-state index contributed by atoms with van der Waals surface area (Å²) in [6.45, 7) is -0.382. The van der Waals surface area contributed by atoms with Crippen LogP contribution in [0.1, 0.15) is 10.4 Å². The van der Waals surface area contributed by atoms with E-state index >= 15 is 0 Å². The molecule has 6 heteroatoms. The van der Waals surface area contributed by atoms with Gasteiger partial charge in [0, 0.05) is 12.3 Å². The molecule has 1 aromatic carbocycles. The van der Waals surface area contributed by atoms with Crippen molar-refractivity contribution in [3.63, 3.8) is 0 Å². The molecule has 0 N–H and O–H groups in total. The summed E-state index contributed by atoms with van der Waals surface area (Å²) in [6.07, 6.45) is 2.45. The Bertz CT molecular complexity index is 653. The van der Waals surface area contributed by atoms with E-state index in [1.807, 2.05) is 0 Å². The molecule has 0 aliphatic carbocycles. The van der Waals surface area contributed by atoms with Crippen molar-refractivity contribution in [2.45, 2.75) is 6.54 Å². The number of hydrogen-bond acceptors (Lipinski definition) is 3. The maximum atomic E-state index is 13.3. The van der Waals surface area contributed by atoms with Gasteiger partial charge in [0.1, 0.15) is 11.6 Å². The van der Waals surface area contributed by atoms with E-state index in [1.54, 1.807) is 0 Å². The van der Waals surface area contributed by atoms with Crippen LogP contribution in [0.25, 0.3) is 0 Å². The Morgan fingerprint density at radius 2 is 2.06 bits per heavy atom. The van der Waals surface area contributed by atoms with Crippen LogP contribution in [0.4, 0.5) is 8.78 Å². The molecule has 0 atom stereocenters. The minimum atomic E-state index is -0.821. The van der Waals surface area contributed by atoms with Crippen molar-refractivity contribution in [1.29, 1.82) is 0 Å². The number of Topliss-reactive ketones (excluding diaryl/α,β-unsaturated/α-hetero) is 1. The van der Waals surface area contributed by atoms with Gasteiger partial charge in [-0.3, -0.25) is 14.2 Å². The third-order valence-electron chi connectivity index (χ3n) is 2.34. The fourth-order valence-corrected chi connectivity index (χ4v) is 1.45. The van der Waals surface area contributed by atoms with Crippen LogP contribution in [0.15, 0.2) is 41.6 Å². The van der Waals surface area contributed by atoms with Crippen LogP contribution in [0, 0.1) is 11.6 Å². The largest absolute Gasteiger partial charge is 0.292 e. The van der Waals surface area contributed by atoms with Crippen molar-refractivity contribution in [2.24, 2.45) is 0 Å². The lowest BCUT2D eigenvalue weighted by Crippen LogP contribution is -2.23. The summed E-state index contributed by atoms with van der Waals surface area (Å²) < 4.78 is 27.3. The van der Waals surface area contributed by atoms with E-state index in [0.29, 0.717) is 0 Å². The van der Waals surface area contributed by atoms with Crippen LogP contribution in [-0.4, -0.2) is 15.3 Å². The number of nitrogens with zero attached hydrogens (tertiary/aromatic N) is 2. The molecule has 0 aliphatic rings. The highest BCUT2D eigenvalue weighted by Crippen LogP contribution is 2.10. The van der Waals surface area contributed by atoms with Crippen LogP contribution < -0.4 is 5.56 Å². The standard InChI is InChI=1S/C12H8F2N2O2/c13-8-1-2-10(14)9(5-8)11(17)6-16-7-15-4-3-12(16)18/h1-5,7H,6H2. The smallest absolute Gasteiger partial charge is 0.253 e. The monoisotopic (exact) mass is 250 g/mol. The Morgan fingerprint density at radius 1 is 1.28 bits per heavy atom. The summed E-state index contributed by atoms with van der Waals surface area (Å²) in [4.78, 5) is 26.8. The predicted molar refractivity (Wildman–Crippen MR) is 59.2 cm³/mol. The molecule has 1 heterocycles. The Balaban J connectivity index is 2.31. The van der Waals surface area contributed by atoms with E-state index < -0.39 is 23.0 Å². The molecule has 0 unspecified atom stereocenters. The molecule has 2 aromatic rings. The Kier molecular flexibility index (Phi) is 3.27. The molecule has 92 valence electrons. The molecule has 0 spiro atoms. The van der Waals surface area contributed by atoms with Crippen molar-refractivity contribution >= 4 is 5.78 Å². The number of hydrogen-bond donors (Lipinski definition) is 0. The third-order valence-corrected chi connectivity index (χ3v) is 2.34. The summed E-state index contributed by atoms with van der Waals surface area (Å²) in [5.41, 5.74) is -0.819. The normalized spacial score (nSPS) is 10.3. The number of carbonyl (C=O) groups excluding carboxylic acids is 1. The minimum Gasteiger partial charge on any atom is -0.292 e. The highest BCUT2D eigenvalue weighted by Gasteiger charge is 2.13. The molecule has 0 bridgehead atoms. The maximum Gasteiger partial charge on any atom is 0.253 e. The third kappa shape index (κ3) is 2.48. The van der Waals surface area contributed by atoms with Gasteiger partial charge in [-0.2, -0.15) is 0 Å². The fourth-order valence-electron chi connectivity index (χ4n) is 1.45. The van der Waals surface area contributed by atoms with Gasteiger partial charge in [0.2, 0.25) is 0 Å². The lowest BCUT2D eigenvalue weighted by Gasteiger charge is -2.04. The first-order chi connectivity index (χ1) is 8.58. The van der Waals surface area contributed by atoms with Crippen molar-refractivity contribution in [2.75, 3.05) is 0 Å². The molecule has 0 aliphatic heterocycles. The minimum absolute atomic E-state index is 0.382. The molecule has 0 fully saturated rings. The van der Waals surface area contributed by atoms with Crippen molar-refractivity contribution in [3.8, 4) is 0 Å². The van der Waals surface area contributed by atoms with E-state index in [-0.39, 0.29) is 12.1 Å². The van der Waals surface area contributed by atoms with Gasteiger partial charge < -0.3 is 0 Å². The molecule has 0 saturated heterocycles. The average Bonchev–Trinajstić information content (AvgIpc) is 2.35. The lowest BCUT2D eigenvalue weighted by atomic mass is 10.1. The summed E-state index contributed by atoms with van der Waals surface area (Å²) in [7, 11) is 0. The zero-order valence-electron chi connectivity index (χ0n) is 9.14. The SMILES string of the molecule is O=C(Cn1cnccc1=O)c1cc(F)ccc1F. The molecule has 0 amide bonds. The maximum absolute atomic E-state index is 13.3. The number of benzene rings is 1. The fraction of sp³-hybridized carbons (Fsp3) is 0.0833. The number of halogens is 2. The van der Waals surface area contributed by atoms with E-state index in [2.05, 4.69) is 4.98 Å². The Morgan fingerprint density at radius 3 is 2.78 bits per heavy atom. The first-order valence-electron chi connectivity index (χ1n) is 5.06. The summed E-state index contributed by atoms with van der Waals surface area (Å²) in [5.74, 6) is -2.22. The molecular formula is C12H8F2N2O2. The molecule has 1 aromatic heterocycles. The van der Waals surface area contributed by atoms with E-state index in [1.165, 1.54) is 12.3 Å². The topological polar surface area (TPSA) is 52.0 Å². The van der Waals surface area contributed by atoms with Crippen LogP contribution in [0.2, 0.25) is 0 Å². The van der Waals surface area contributed by atoms with E-state index in [0.717, 1.165) is 29.1 Å². The quantitative estimate of drug-likeness (QED) is 0.774. The second kappa shape index (κ2) is 4.87. The van der Waals surface area contributed by atoms with Crippen molar-refractivity contribution in [1.82, 2.24) is 9.55 Å². The van der Waals surface area contributed by atoms with Crippen LogP contribution in [0.3, 0.4) is 0 Å². The second-order valence-corrected chi connectivity index (χ2v) is 3.59. The first kappa shape index (κ1) is 12.1. The zero-order valence-corrected chi connectivity index (χ0v) is 9.14. The number of rotatable bonds is 3. The van der Waals surface area contributed by atoms with Gasteiger partial charge in [-0.15, -0.1) is 0 Å². The molecule has 0 radical (unpaired) electrons. The van der Waals surface area contributed by atoms with Gasteiger partial charge in [-0.25, -0.2) is 13.8 Å². The number of carbonyl (C=O) groups is 1. The Labute approximate surface area is 101 Å². The average molecular weight is 250 g/mol. The molecule has 2 rings (SSSR count). The molecule has 18 heavy (non-hydrogen) atoms. The number of ketones is 1. The number of aromatic nitrogens is 2. The van der Waals surface area contributed by atoms with Gasteiger partial charge in [-0.1, -0.05) is 0 Å². The zero-order chi connectivity index (χ0) is 13.1. The van der Waals surface area contributed by atoms with Gasteiger partial charge in [0.25, 0.3) is 5.56 Å². The molecule has 4 nitrogen and oxygen atoms in total. The molecular weight excluding hydrogens is 242 g/mol. The van der Waals surface area contributed by atoms with E-state index in [4.69, 9.17) is 0 Å².